The minimum absolute atomic E-state index is 0.337. The molecule has 0 aliphatic heterocycles. The molecule has 1 heterocycles. The lowest BCUT2D eigenvalue weighted by Crippen LogP contribution is -2.14. The van der Waals surface area contributed by atoms with Crippen LogP contribution in [-0.4, -0.2) is 22.4 Å². The molecule has 0 unspecified atom stereocenters. The summed E-state index contributed by atoms with van der Waals surface area (Å²) in [5.41, 5.74) is 5.42. The normalized spacial score (nSPS) is 9.75. The third-order valence-corrected chi connectivity index (χ3v) is 1.43. The predicted molar refractivity (Wildman–Crippen MR) is 45.9 cm³/mol. The van der Waals surface area contributed by atoms with Gasteiger partial charge in [0, 0.05) is 6.54 Å². The van der Waals surface area contributed by atoms with Crippen molar-refractivity contribution >= 4 is 11.7 Å². The zero-order valence-corrected chi connectivity index (χ0v) is 6.92. The molecule has 0 aliphatic rings. The van der Waals surface area contributed by atoms with E-state index in [4.69, 9.17) is 5.73 Å². The quantitative estimate of drug-likeness (QED) is 0.605. The van der Waals surface area contributed by atoms with Crippen molar-refractivity contribution < 1.29 is 4.79 Å². The van der Waals surface area contributed by atoms with Gasteiger partial charge in [-0.3, -0.25) is 4.79 Å². The van der Waals surface area contributed by atoms with Gasteiger partial charge in [0.05, 0.1) is 6.33 Å². The Kier molecular flexibility index (Phi) is 2.68. The van der Waals surface area contributed by atoms with E-state index < -0.39 is 5.91 Å². The molecule has 0 saturated carbocycles. The maximum absolute atomic E-state index is 10.8. The Morgan fingerprint density at radius 3 is 3.17 bits per heavy atom. The van der Waals surface area contributed by atoms with Crippen molar-refractivity contribution in [3.63, 3.8) is 0 Å². The van der Waals surface area contributed by atoms with Gasteiger partial charge in [-0.2, -0.15) is 0 Å². The number of amides is 1. The molecule has 4 N–H and O–H groups in total. The number of carbonyl (C=O) groups excluding carboxylic acids is 1. The molecule has 0 aromatic carbocycles. The molecule has 1 rings (SSSR count). The Morgan fingerprint density at radius 2 is 2.58 bits per heavy atom. The summed E-state index contributed by atoms with van der Waals surface area (Å²) in [6, 6.07) is 0. The highest BCUT2D eigenvalue weighted by Gasteiger charge is 2.08. The van der Waals surface area contributed by atoms with Crippen LogP contribution in [0.1, 0.15) is 23.8 Å². The van der Waals surface area contributed by atoms with Gasteiger partial charge in [-0.1, -0.05) is 6.92 Å². The molecule has 66 valence electrons. The van der Waals surface area contributed by atoms with Crippen molar-refractivity contribution in [1.29, 1.82) is 0 Å². The molecule has 0 saturated heterocycles. The highest BCUT2D eigenvalue weighted by Crippen LogP contribution is 2.07. The first-order valence-corrected chi connectivity index (χ1v) is 3.82. The summed E-state index contributed by atoms with van der Waals surface area (Å²) in [6.45, 7) is 2.81. The van der Waals surface area contributed by atoms with Crippen LogP contribution >= 0.6 is 0 Å². The van der Waals surface area contributed by atoms with Crippen molar-refractivity contribution in [2.75, 3.05) is 11.9 Å². The second-order valence-electron chi connectivity index (χ2n) is 2.42. The number of nitrogens with zero attached hydrogens (tertiary/aromatic N) is 1. The number of anilines is 1. The van der Waals surface area contributed by atoms with Crippen molar-refractivity contribution in [2.24, 2.45) is 5.73 Å². The Bertz CT molecular complexity index is 268. The molecule has 0 spiro atoms. The van der Waals surface area contributed by atoms with E-state index in [0.29, 0.717) is 11.5 Å². The van der Waals surface area contributed by atoms with Crippen LogP contribution in [0.15, 0.2) is 6.33 Å². The van der Waals surface area contributed by atoms with Gasteiger partial charge in [0.2, 0.25) is 0 Å². The van der Waals surface area contributed by atoms with E-state index in [2.05, 4.69) is 15.3 Å². The lowest BCUT2D eigenvalue weighted by molar-refractivity contribution is 0.0997. The molecule has 1 aromatic rings. The van der Waals surface area contributed by atoms with Crippen molar-refractivity contribution in [2.45, 2.75) is 13.3 Å². The van der Waals surface area contributed by atoms with E-state index in [1.54, 1.807) is 0 Å². The van der Waals surface area contributed by atoms with Crippen LogP contribution < -0.4 is 11.1 Å². The van der Waals surface area contributed by atoms with Gasteiger partial charge in [-0.25, -0.2) is 4.98 Å². The van der Waals surface area contributed by atoms with E-state index >= 15 is 0 Å². The summed E-state index contributed by atoms with van der Waals surface area (Å²) in [5, 5.41) is 2.98. The fourth-order valence-corrected chi connectivity index (χ4v) is 0.860. The van der Waals surface area contributed by atoms with Gasteiger partial charge in [0.15, 0.2) is 5.82 Å². The zero-order chi connectivity index (χ0) is 8.97. The summed E-state index contributed by atoms with van der Waals surface area (Å²) in [6.07, 6.45) is 2.42. The van der Waals surface area contributed by atoms with Gasteiger partial charge in [0.25, 0.3) is 5.91 Å². The van der Waals surface area contributed by atoms with Crippen LogP contribution in [0.2, 0.25) is 0 Å². The number of nitrogens with two attached hydrogens (primary N) is 1. The lowest BCUT2D eigenvalue weighted by atomic mass is 10.4. The molecule has 0 aliphatic carbocycles. The van der Waals surface area contributed by atoms with Gasteiger partial charge in [-0.05, 0) is 6.42 Å². The number of nitrogens with one attached hydrogen (secondary N) is 2. The minimum Gasteiger partial charge on any atom is -0.368 e. The molecule has 5 nitrogen and oxygen atoms in total. The summed E-state index contributed by atoms with van der Waals surface area (Å²) in [7, 11) is 0. The summed E-state index contributed by atoms with van der Waals surface area (Å²) < 4.78 is 0. The molecule has 0 fully saturated rings. The molecule has 12 heavy (non-hydrogen) atoms. The predicted octanol–water partition coefficient (Wildman–Crippen LogP) is 0.331. The standard InChI is InChI=1S/C7H12N4O/c1-2-3-9-7-5(6(8)12)10-4-11-7/h4,9H,2-3H2,1H3,(H2,8,12)(H,10,11). The Balaban J connectivity index is 2.70. The monoisotopic (exact) mass is 168 g/mol. The number of imidazole rings is 1. The van der Waals surface area contributed by atoms with Gasteiger partial charge in [0.1, 0.15) is 5.69 Å². The number of rotatable bonds is 4. The van der Waals surface area contributed by atoms with Crippen molar-refractivity contribution in [3.05, 3.63) is 12.0 Å². The molecule has 0 atom stereocenters. The number of aromatic amines is 1. The number of primary amides is 1. The Morgan fingerprint density at radius 1 is 1.83 bits per heavy atom. The molecule has 0 radical (unpaired) electrons. The van der Waals surface area contributed by atoms with Crippen LogP contribution in [-0.2, 0) is 0 Å². The first-order valence-electron chi connectivity index (χ1n) is 3.82. The highest BCUT2D eigenvalue weighted by molar-refractivity contribution is 5.95. The van der Waals surface area contributed by atoms with Gasteiger partial charge >= 0.3 is 0 Å². The second kappa shape index (κ2) is 3.75. The van der Waals surface area contributed by atoms with Crippen LogP contribution in [0.5, 0.6) is 0 Å². The van der Waals surface area contributed by atoms with E-state index in [0.717, 1.165) is 13.0 Å². The number of hydrogen-bond donors (Lipinski definition) is 3. The highest BCUT2D eigenvalue weighted by atomic mass is 16.1. The summed E-state index contributed by atoms with van der Waals surface area (Å²) in [5.74, 6) is 0.0375. The van der Waals surface area contributed by atoms with Gasteiger partial charge < -0.3 is 16.0 Å². The summed E-state index contributed by atoms with van der Waals surface area (Å²) in [4.78, 5) is 17.3. The third kappa shape index (κ3) is 1.75. The molecular formula is C7H12N4O. The second-order valence-corrected chi connectivity index (χ2v) is 2.42. The maximum Gasteiger partial charge on any atom is 0.269 e. The number of H-pyrrole nitrogens is 1. The summed E-state index contributed by atoms with van der Waals surface area (Å²) >= 11 is 0. The van der Waals surface area contributed by atoms with E-state index in [9.17, 15) is 4.79 Å². The van der Waals surface area contributed by atoms with Crippen molar-refractivity contribution in [1.82, 2.24) is 9.97 Å². The average molecular weight is 168 g/mol. The van der Waals surface area contributed by atoms with Crippen LogP contribution in [0, 0.1) is 0 Å². The Hall–Kier alpha value is -1.52. The first kappa shape index (κ1) is 8.58. The van der Waals surface area contributed by atoms with Gasteiger partial charge in [-0.15, -0.1) is 0 Å². The average Bonchev–Trinajstić information content (AvgIpc) is 2.48. The number of hydrogen-bond acceptors (Lipinski definition) is 3. The topological polar surface area (TPSA) is 83.8 Å². The smallest absolute Gasteiger partial charge is 0.269 e. The van der Waals surface area contributed by atoms with Crippen molar-refractivity contribution in [3.8, 4) is 0 Å². The molecular weight excluding hydrogens is 156 g/mol. The van der Waals surface area contributed by atoms with E-state index in [-0.39, 0.29) is 0 Å². The third-order valence-electron chi connectivity index (χ3n) is 1.43. The van der Waals surface area contributed by atoms with Crippen LogP contribution in [0.25, 0.3) is 0 Å². The SMILES string of the molecule is CCCNc1nc[nH]c1C(N)=O. The molecule has 1 aromatic heterocycles. The fourth-order valence-electron chi connectivity index (χ4n) is 0.860. The lowest BCUT2D eigenvalue weighted by Gasteiger charge is -2.00. The van der Waals surface area contributed by atoms with E-state index in [1.165, 1.54) is 6.33 Å². The molecule has 0 bridgehead atoms. The number of carbonyl (C=O) groups is 1. The largest absolute Gasteiger partial charge is 0.368 e. The maximum atomic E-state index is 10.8. The van der Waals surface area contributed by atoms with Crippen LogP contribution in [0.4, 0.5) is 5.82 Å². The van der Waals surface area contributed by atoms with E-state index in [1.807, 2.05) is 6.92 Å². The number of aromatic nitrogens is 2. The van der Waals surface area contributed by atoms with Crippen LogP contribution in [0.3, 0.4) is 0 Å². The first-order chi connectivity index (χ1) is 5.75. The molecule has 1 amide bonds. The zero-order valence-electron chi connectivity index (χ0n) is 6.92. The fraction of sp³-hybridized carbons (Fsp3) is 0.429. The Labute approximate surface area is 70.4 Å². The minimum atomic E-state index is -0.494. The molecule has 5 heteroatoms.